The molecule has 0 spiro atoms. The maximum Gasteiger partial charge on any atom is 0.407 e. The number of halogens is 1. The molecular formula is C14H21ClN4O2. The molecule has 0 aromatic carbocycles. The third-order valence-electron chi connectivity index (χ3n) is 3.08. The van der Waals surface area contributed by atoms with Gasteiger partial charge in [0.2, 0.25) is 0 Å². The van der Waals surface area contributed by atoms with Gasteiger partial charge in [0.15, 0.2) is 11.0 Å². The van der Waals surface area contributed by atoms with Gasteiger partial charge in [0.25, 0.3) is 0 Å². The molecule has 21 heavy (non-hydrogen) atoms. The Hall–Kier alpha value is -1.56. The molecule has 1 aliphatic rings. The van der Waals surface area contributed by atoms with Crippen molar-refractivity contribution in [3.8, 4) is 0 Å². The highest BCUT2D eigenvalue weighted by molar-refractivity contribution is 6.29. The summed E-state index contributed by atoms with van der Waals surface area (Å²) in [6.07, 6.45) is 1.53. The molecule has 1 aliphatic heterocycles. The molecule has 0 aliphatic carbocycles. The predicted molar refractivity (Wildman–Crippen MR) is 81.6 cm³/mol. The van der Waals surface area contributed by atoms with Crippen molar-refractivity contribution in [2.24, 2.45) is 0 Å². The molecule has 1 amide bonds. The van der Waals surface area contributed by atoms with E-state index in [0.29, 0.717) is 11.7 Å². The number of piperidine rings is 1. The molecule has 1 N–H and O–H groups in total. The van der Waals surface area contributed by atoms with Crippen LogP contribution in [0, 0.1) is 0 Å². The smallest absolute Gasteiger partial charge is 0.407 e. The van der Waals surface area contributed by atoms with Gasteiger partial charge < -0.3 is 15.0 Å². The van der Waals surface area contributed by atoms with Crippen LogP contribution in [0.25, 0.3) is 0 Å². The Morgan fingerprint density at radius 2 is 2.19 bits per heavy atom. The molecule has 6 nitrogen and oxygen atoms in total. The molecule has 1 atom stereocenters. The van der Waals surface area contributed by atoms with Crippen molar-refractivity contribution in [1.82, 2.24) is 15.5 Å². The molecule has 1 unspecified atom stereocenters. The van der Waals surface area contributed by atoms with Gasteiger partial charge >= 0.3 is 6.09 Å². The summed E-state index contributed by atoms with van der Waals surface area (Å²) >= 11 is 5.74. The molecule has 0 bridgehead atoms. The Morgan fingerprint density at radius 3 is 2.81 bits per heavy atom. The maximum absolute atomic E-state index is 11.8. The molecule has 2 rings (SSSR count). The Morgan fingerprint density at radius 1 is 1.43 bits per heavy atom. The van der Waals surface area contributed by atoms with Gasteiger partial charge in [0.1, 0.15) is 5.60 Å². The largest absolute Gasteiger partial charge is 0.444 e. The minimum atomic E-state index is -0.486. The number of aromatic nitrogens is 2. The molecule has 116 valence electrons. The summed E-state index contributed by atoms with van der Waals surface area (Å²) < 4.78 is 5.28. The minimum Gasteiger partial charge on any atom is -0.444 e. The summed E-state index contributed by atoms with van der Waals surface area (Å²) in [5.41, 5.74) is -0.486. The first-order valence-electron chi connectivity index (χ1n) is 7.07. The van der Waals surface area contributed by atoms with Crippen molar-refractivity contribution in [3.05, 3.63) is 17.3 Å². The van der Waals surface area contributed by atoms with Gasteiger partial charge in [-0.25, -0.2) is 4.79 Å². The Labute approximate surface area is 129 Å². The summed E-state index contributed by atoms with van der Waals surface area (Å²) in [4.78, 5) is 13.9. The average Bonchev–Trinajstić information content (AvgIpc) is 2.37. The number of rotatable bonds is 2. The zero-order valence-electron chi connectivity index (χ0n) is 12.6. The van der Waals surface area contributed by atoms with E-state index in [0.717, 1.165) is 25.2 Å². The highest BCUT2D eigenvalue weighted by Crippen LogP contribution is 2.18. The second-order valence-corrected chi connectivity index (χ2v) is 6.53. The normalized spacial score (nSPS) is 19.2. The lowest BCUT2D eigenvalue weighted by molar-refractivity contribution is 0.0500. The Bertz CT molecular complexity index is 487. The summed E-state index contributed by atoms with van der Waals surface area (Å²) in [6, 6.07) is 3.60. The van der Waals surface area contributed by atoms with Crippen molar-refractivity contribution in [3.63, 3.8) is 0 Å². The maximum atomic E-state index is 11.8. The van der Waals surface area contributed by atoms with Crippen LogP contribution in [-0.2, 0) is 4.74 Å². The van der Waals surface area contributed by atoms with Crippen molar-refractivity contribution < 1.29 is 9.53 Å². The first kappa shape index (κ1) is 15.8. The minimum absolute atomic E-state index is 0.0473. The summed E-state index contributed by atoms with van der Waals surface area (Å²) in [7, 11) is 0. The second kappa shape index (κ2) is 6.47. The number of nitrogens with one attached hydrogen (secondary N) is 1. The van der Waals surface area contributed by atoms with E-state index < -0.39 is 5.60 Å². The van der Waals surface area contributed by atoms with Gasteiger partial charge in [-0.2, -0.15) is 0 Å². The molecule has 1 aromatic rings. The van der Waals surface area contributed by atoms with Crippen LogP contribution in [0.4, 0.5) is 10.6 Å². The second-order valence-electron chi connectivity index (χ2n) is 6.15. The number of ether oxygens (including phenoxy) is 1. The number of carbonyl (C=O) groups is 1. The highest BCUT2D eigenvalue weighted by atomic mass is 35.5. The lowest BCUT2D eigenvalue weighted by atomic mass is 10.1. The SMILES string of the molecule is CC(C)(C)OC(=O)NC1CCCN(c2ccc(Cl)nn2)C1. The van der Waals surface area contributed by atoms with Gasteiger partial charge in [-0.3, -0.25) is 0 Å². The third kappa shape index (κ3) is 5.04. The Balaban J connectivity index is 1.91. The van der Waals surface area contributed by atoms with Crippen LogP contribution in [0.2, 0.25) is 5.15 Å². The van der Waals surface area contributed by atoms with E-state index in [-0.39, 0.29) is 12.1 Å². The van der Waals surface area contributed by atoms with Gasteiger partial charge in [-0.05, 0) is 45.7 Å². The molecule has 0 saturated carbocycles. The van der Waals surface area contributed by atoms with E-state index >= 15 is 0 Å². The number of amides is 1. The van der Waals surface area contributed by atoms with Gasteiger partial charge in [0, 0.05) is 19.1 Å². The fourth-order valence-corrected chi connectivity index (χ4v) is 2.36. The summed E-state index contributed by atoms with van der Waals surface area (Å²) in [5, 5.41) is 11.2. The quantitative estimate of drug-likeness (QED) is 0.909. The molecule has 7 heteroatoms. The van der Waals surface area contributed by atoms with Crippen molar-refractivity contribution in [2.75, 3.05) is 18.0 Å². The number of anilines is 1. The summed E-state index contributed by atoms with van der Waals surface area (Å²) in [6.45, 7) is 7.13. The van der Waals surface area contributed by atoms with Gasteiger partial charge in [0.05, 0.1) is 0 Å². The van der Waals surface area contributed by atoms with Gasteiger partial charge in [-0.15, -0.1) is 10.2 Å². The molecule has 1 saturated heterocycles. The fourth-order valence-electron chi connectivity index (χ4n) is 2.25. The van der Waals surface area contributed by atoms with E-state index in [1.54, 1.807) is 6.07 Å². The topological polar surface area (TPSA) is 67.3 Å². The number of hydrogen-bond donors (Lipinski definition) is 1. The van der Waals surface area contributed by atoms with Crippen molar-refractivity contribution in [2.45, 2.75) is 45.3 Å². The highest BCUT2D eigenvalue weighted by Gasteiger charge is 2.24. The standard InChI is InChI=1S/C14H21ClN4O2/c1-14(2,3)21-13(20)16-10-5-4-8-19(9-10)12-7-6-11(15)17-18-12/h6-7,10H,4-5,8-9H2,1-3H3,(H,16,20). The van der Waals surface area contributed by atoms with Crippen LogP contribution in [0.5, 0.6) is 0 Å². The number of nitrogens with zero attached hydrogens (tertiary/aromatic N) is 3. The molecule has 0 radical (unpaired) electrons. The first-order chi connectivity index (χ1) is 9.83. The number of hydrogen-bond acceptors (Lipinski definition) is 5. The van der Waals surface area contributed by atoms with Crippen LogP contribution in [-0.4, -0.2) is 41.0 Å². The van der Waals surface area contributed by atoms with Crippen LogP contribution >= 0.6 is 11.6 Å². The lowest BCUT2D eigenvalue weighted by Gasteiger charge is -2.34. The van der Waals surface area contributed by atoms with E-state index in [1.807, 2.05) is 26.8 Å². The molecular weight excluding hydrogens is 292 g/mol. The van der Waals surface area contributed by atoms with Crippen molar-refractivity contribution >= 4 is 23.5 Å². The zero-order chi connectivity index (χ0) is 15.5. The average molecular weight is 313 g/mol. The number of carbonyl (C=O) groups excluding carboxylic acids is 1. The van der Waals surface area contributed by atoms with E-state index in [1.165, 1.54) is 0 Å². The fraction of sp³-hybridized carbons (Fsp3) is 0.643. The summed E-state index contributed by atoms with van der Waals surface area (Å²) in [5.74, 6) is 0.773. The molecule has 2 heterocycles. The monoisotopic (exact) mass is 312 g/mol. The van der Waals surface area contributed by atoms with E-state index in [4.69, 9.17) is 16.3 Å². The van der Waals surface area contributed by atoms with Crippen LogP contribution in [0.3, 0.4) is 0 Å². The van der Waals surface area contributed by atoms with Crippen molar-refractivity contribution in [1.29, 1.82) is 0 Å². The first-order valence-corrected chi connectivity index (χ1v) is 7.45. The van der Waals surface area contributed by atoms with Gasteiger partial charge in [-0.1, -0.05) is 11.6 Å². The third-order valence-corrected chi connectivity index (χ3v) is 3.29. The zero-order valence-corrected chi connectivity index (χ0v) is 13.4. The molecule has 1 fully saturated rings. The van der Waals surface area contributed by atoms with Crippen LogP contribution in [0.1, 0.15) is 33.6 Å². The molecule has 1 aromatic heterocycles. The van der Waals surface area contributed by atoms with Crippen LogP contribution in [0.15, 0.2) is 12.1 Å². The van der Waals surface area contributed by atoms with Crippen LogP contribution < -0.4 is 10.2 Å². The van der Waals surface area contributed by atoms with E-state index in [2.05, 4.69) is 20.4 Å². The predicted octanol–water partition coefficient (Wildman–Crippen LogP) is 2.62. The number of alkyl carbamates (subject to hydrolysis) is 1. The lowest BCUT2D eigenvalue weighted by Crippen LogP contribution is -2.49. The Kier molecular flexibility index (Phi) is 4.88. The van der Waals surface area contributed by atoms with E-state index in [9.17, 15) is 4.79 Å².